The summed E-state index contributed by atoms with van der Waals surface area (Å²) in [5.74, 6) is 1.73. The van der Waals surface area contributed by atoms with E-state index in [-0.39, 0.29) is 17.7 Å². The molecule has 0 bridgehead atoms. The average molecular weight is 395 g/mol. The third-order valence-corrected chi connectivity index (χ3v) is 6.00. The van der Waals surface area contributed by atoms with Crippen molar-refractivity contribution in [2.24, 2.45) is 7.05 Å². The number of aryl methyl sites for hydroxylation is 1. The molecular weight excluding hydrogens is 370 g/mol. The SMILES string of the molecule is Cn1ncc2ccnc(Nc3cc([C@H]4CC[C@@H](OC(=O)NC5(C)CC5)C4)[nH]n3)c21. The Balaban J connectivity index is 1.22. The molecule has 0 aromatic carbocycles. The van der Waals surface area contributed by atoms with Crippen molar-refractivity contribution in [3.63, 3.8) is 0 Å². The van der Waals surface area contributed by atoms with Gasteiger partial charge in [0.1, 0.15) is 11.6 Å². The summed E-state index contributed by atoms with van der Waals surface area (Å²) in [7, 11) is 1.89. The fourth-order valence-electron chi connectivity index (χ4n) is 4.01. The van der Waals surface area contributed by atoms with Crippen LogP contribution in [0.5, 0.6) is 0 Å². The Hall–Kier alpha value is -3.10. The van der Waals surface area contributed by atoms with Crippen LogP contribution in [0.2, 0.25) is 0 Å². The van der Waals surface area contributed by atoms with Crippen LogP contribution in [0.15, 0.2) is 24.5 Å². The molecule has 0 radical (unpaired) electrons. The molecule has 9 nitrogen and oxygen atoms in total. The number of nitrogens with one attached hydrogen (secondary N) is 3. The van der Waals surface area contributed by atoms with Gasteiger partial charge in [0.15, 0.2) is 11.6 Å². The number of carbonyl (C=O) groups is 1. The maximum atomic E-state index is 12.0. The molecule has 152 valence electrons. The van der Waals surface area contributed by atoms with E-state index >= 15 is 0 Å². The smallest absolute Gasteiger partial charge is 0.407 e. The number of carbonyl (C=O) groups excluding carboxylic acids is 1. The molecule has 29 heavy (non-hydrogen) atoms. The first-order chi connectivity index (χ1) is 14.0. The molecule has 3 heterocycles. The number of aromatic amines is 1. The second-order valence-electron chi connectivity index (χ2n) is 8.42. The number of alkyl carbamates (subject to hydrolysis) is 1. The third-order valence-electron chi connectivity index (χ3n) is 6.00. The summed E-state index contributed by atoms with van der Waals surface area (Å²) in [6.45, 7) is 2.05. The molecular formula is C20H25N7O2. The Labute approximate surface area is 168 Å². The lowest BCUT2D eigenvalue weighted by atomic mass is 10.0. The maximum Gasteiger partial charge on any atom is 0.407 e. The van der Waals surface area contributed by atoms with Gasteiger partial charge in [0.2, 0.25) is 0 Å². The van der Waals surface area contributed by atoms with Gasteiger partial charge >= 0.3 is 6.09 Å². The summed E-state index contributed by atoms with van der Waals surface area (Å²) >= 11 is 0. The number of pyridine rings is 1. The number of anilines is 2. The van der Waals surface area contributed by atoms with Crippen molar-refractivity contribution >= 4 is 28.6 Å². The van der Waals surface area contributed by atoms with Crippen LogP contribution in [-0.4, -0.2) is 42.7 Å². The number of nitrogens with zero attached hydrogens (tertiary/aromatic N) is 4. The summed E-state index contributed by atoms with van der Waals surface area (Å²) in [6.07, 6.45) is 7.93. The predicted molar refractivity (Wildman–Crippen MR) is 108 cm³/mol. The molecule has 2 saturated carbocycles. The van der Waals surface area contributed by atoms with E-state index in [2.05, 4.69) is 30.9 Å². The van der Waals surface area contributed by atoms with Gasteiger partial charge in [-0.05, 0) is 45.1 Å². The lowest BCUT2D eigenvalue weighted by Crippen LogP contribution is -2.36. The number of hydrogen-bond donors (Lipinski definition) is 3. The number of H-pyrrole nitrogens is 1. The van der Waals surface area contributed by atoms with Gasteiger partial charge in [0.25, 0.3) is 0 Å². The average Bonchev–Trinajstić information content (AvgIpc) is 3.10. The Morgan fingerprint density at radius 3 is 3.07 bits per heavy atom. The van der Waals surface area contributed by atoms with Crippen LogP contribution in [0.3, 0.4) is 0 Å². The molecule has 2 atom stereocenters. The maximum absolute atomic E-state index is 12.0. The van der Waals surface area contributed by atoms with E-state index in [4.69, 9.17) is 4.74 Å². The highest BCUT2D eigenvalue weighted by molar-refractivity contribution is 5.89. The van der Waals surface area contributed by atoms with E-state index in [0.717, 1.165) is 54.5 Å². The van der Waals surface area contributed by atoms with Gasteiger partial charge in [-0.15, -0.1) is 0 Å². The monoisotopic (exact) mass is 395 g/mol. The fourth-order valence-corrected chi connectivity index (χ4v) is 4.01. The minimum Gasteiger partial charge on any atom is -0.446 e. The molecule has 0 aliphatic heterocycles. The zero-order chi connectivity index (χ0) is 20.0. The van der Waals surface area contributed by atoms with Gasteiger partial charge in [-0.2, -0.15) is 10.2 Å². The van der Waals surface area contributed by atoms with Gasteiger partial charge in [-0.1, -0.05) is 0 Å². The quantitative estimate of drug-likeness (QED) is 0.611. The third kappa shape index (κ3) is 3.64. The molecule has 2 aliphatic carbocycles. The standard InChI is InChI=1S/C20H25N7O2/c1-20(6-7-20)24-19(28)29-14-4-3-12(9-14)15-10-16(26-25-15)23-18-17-13(5-8-21-18)11-22-27(17)2/h5,8,10-12,14H,3-4,6-7,9H2,1-2H3,(H,24,28)(H2,21,23,25,26)/t12-,14+/m0/s1. The molecule has 0 spiro atoms. The molecule has 1 amide bonds. The van der Waals surface area contributed by atoms with E-state index in [1.54, 1.807) is 10.9 Å². The van der Waals surface area contributed by atoms with Crippen molar-refractivity contribution < 1.29 is 9.53 Å². The second-order valence-corrected chi connectivity index (χ2v) is 8.42. The second kappa shape index (κ2) is 6.75. The zero-order valence-electron chi connectivity index (χ0n) is 16.6. The first-order valence-electron chi connectivity index (χ1n) is 10.1. The van der Waals surface area contributed by atoms with Crippen molar-refractivity contribution in [1.29, 1.82) is 0 Å². The van der Waals surface area contributed by atoms with Crippen LogP contribution in [0, 0.1) is 0 Å². The zero-order valence-corrected chi connectivity index (χ0v) is 16.6. The molecule has 3 N–H and O–H groups in total. The Bertz CT molecular complexity index is 1050. The Morgan fingerprint density at radius 2 is 2.24 bits per heavy atom. The van der Waals surface area contributed by atoms with E-state index in [9.17, 15) is 4.79 Å². The highest BCUT2D eigenvalue weighted by atomic mass is 16.6. The van der Waals surface area contributed by atoms with E-state index < -0.39 is 0 Å². The van der Waals surface area contributed by atoms with E-state index in [0.29, 0.717) is 11.7 Å². The molecule has 3 aromatic heterocycles. The van der Waals surface area contributed by atoms with Crippen LogP contribution >= 0.6 is 0 Å². The Kier molecular flexibility index (Phi) is 4.18. The fraction of sp³-hybridized carbons (Fsp3) is 0.500. The number of aromatic nitrogens is 5. The van der Waals surface area contributed by atoms with E-state index in [1.807, 2.05) is 32.3 Å². The molecule has 2 aliphatic rings. The van der Waals surface area contributed by atoms with Crippen LogP contribution in [0.1, 0.15) is 50.6 Å². The number of ether oxygens (including phenoxy) is 1. The van der Waals surface area contributed by atoms with Crippen LogP contribution in [-0.2, 0) is 11.8 Å². The number of hydrogen-bond acceptors (Lipinski definition) is 6. The van der Waals surface area contributed by atoms with Crippen LogP contribution in [0.25, 0.3) is 10.9 Å². The van der Waals surface area contributed by atoms with Crippen molar-refractivity contribution in [2.45, 2.75) is 56.6 Å². The van der Waals surface area contributed by atoms with Crippen molar-refractivity contribution in [3.05, 3.63) is 30.2 Å². The van der Waals surface area contributed by atoms with Gasteiger partial charge in [0, 0.05) is 41.8 Å². The largest absolute Gasteiger partial charge is 0.446 e. The minimum absolute atomic E-state index is 0.0492. The minimum atomic E-state index is -0.294. The normalized spacial score (nSPS) is 22.6. The van der Waals surface area contributed by atoms with Gasteiger partial charge < -0.3 is 15.4 Å². The lowest BCUT2D eigenvalue weighted by molar-refractivity contribution is 0.0967. The Morgan fingerprint density at radius 1 is 1.38 bits per heavy atom. The first kappa shape index (κ1) is 18.0. The van der Waals surface area contributed by atoms with Crippen molar-refractivity contribution in [3.8, 4) is 0 Å². The number of fused-ring (bicyclic) bond motifs is 1. The summed E-state index contributed by atoms with van der Waals surface area (Å²) in [4.78, 5) is 16.5. The molecule has 2 fully saturated rings. The van der Waals surface area contributed by atoms with Crippen LogP contribution in [0.4, 0.5) is 16.4 Å². The number of rotatable bonds is 5. The molecule has 5 rings (SSSR count). The van der Waals surface area contributed by atoms with Gasteiger partial charge in [0.05, 0.1) is 6.20 Å². The predicted octanol–water partition coefficient (Wildman–Crippen LogP) is 3.35. The highest BCUT2D eigenvalue weighted by Crippen LogP contribution is 2.37. The topological polar surface area (TPSA) is 110 Å². The van der Waals surface area contributed by atoms with Crippen molar-refractivity contribution in [1.82, 2.24) is 30.3 Å². The number of amides is 1. The lowest BCUT2D eigenvalue weighted by Gasteiger charge is -2.16. The molecule has 9 heteroatoms. The molecule has 0 saturated heterocycles. The first-order valence-corrected chi connectivity index (χ1v) is 10.1. The highest BCUT2D eigenvalue weighted by Gasteiger charge is 2.40. The summed E-state index contributed by atoms with van der Waals surface area (Å²) in [5, 5.41) is 19.1. The van der Waals surface area contributed by atoms with Crippen LogP contribution < -0.4 is 10.6 Å². The molecule has 0 unspecified atom stereocenters. The van der Waals surface area contributed by atoms with E-state index in [1.165, 1.54) is 0 Å². The van der Waals surface area contributed by atoms with Crippen molar-refractivity contribution in [2.75, 3.05) is 5.32 Å². The molecule has 3 aromatic rings. The van der Waals surface area contributed by atoms with Gasteiger partial charge in [-0.3, -0.25) is 9.78 Å². The van der Waals surface area contributed by atoms with Gasteiger partial charge in [-0.25, -0.2) is 9.78 Å². The summed E-state index contributed by atoms with van der Waals surface area (Å²) < 4.78 is 7.41. The summed E-state index contributed by atoms with van der Waals surface area (Å²) in [6, 6.07) is 3.94. The summed E-state index contributed by atoms with van der Waals surface area (Å²) in [5.41, 5.74) is 1.93.